The topological polar surface area (TPSA) is 110 Å². The summed E-state index contributed by atoms with van der Waals surface area (Å²) in [5.41, 5.74) is 0. The van der Waals surface area contributed by atoms with Crippen molar-refractivity contribution in [2.45, 2.75) is 38.6 Å². The largest absolute Gasteiger partial charge is 0.480 e. The molecule has 8 heteroatoms. The maximum absolute atomic E-state index is 11.7. The van der Waals surface area contributed by atoms with Crippen molar-refractivity contribution in [1.82, 2.24) is 4.72 Å². The molecule has 0 radical (unpaired) electrons. The monoisotopic (exact) mass is 293 g/mol. The maximum atomic E-state index is 11.7. The van der Waals surface area contributed by atoms with E-state index >= 15 is 0 Å². The lowest BCUT2D eigenvalue weighted by molar-refractivity contribution is -0.142. The quantitative estimate of drug-likeness (QED) is 0.584. The van der Waals surface area contributed by atoms with Gasteiger partial charge in [-0.3, -0.25) is 9.59 Å². The van der Waals surface area contributed by atoms with Crippen molar-refractivity contribution in [1.29, 1.82) is 0 Å². The van der Waals surface area contributed by atoms with Crippen molar-refractivity contribution in [3.8, 4) is 0 Å². The smallest absolute Gasteiger partial charge is 0.321 e. The van der Waals surface area contributed by atoms with E-state index in [4.69, 9.17) is 5.11 Å². The molecule has 0 bridgehead atoms. The molecule has 0 saturated heterocycles. The van der Waals surface area contributed by atoms with Crippen LogP contribution in [0.5, 0.6) is 0 Å². The molecule has 0 heterocycles. The molecule has 19 heavy (non-hydrogen) atoms. The number of carboxylic acids is 1. The van der Waals surface area contributed by atoms with Gasteiger partial charge in [-0.25, -0.2) is 13.1 Å². The third-order valence-electron chi connectivity index (χ3n) is 2.77. The van der Waals surface area contributed by atoms with E-state index < -0.39 is 33.8 Å². The minimum Gasteiger partial charge on any atom is -0.480 e. The number of hydrogen-bond acceptors (Lipinski definition) is 5. The number of carbonyl (C=O) groups is 2. The zero-order valence-electron chi connectivity index (χ0n) is 10.8. The van der Waals surface area contributed by atoms with Crippen LogP contribution in [0.2, 0.25) is 0 Å². The highest BCUT2D eigenvalue weighted by molar-refractivity contribution is 7.89. The van der Waals surface area contributed by atoms with Gasteiger partial charge in [0.1, 0.15) is 6.04 Å². The Morgan fingerprint density at radius 3 is 2.53 bits per heavy atom. The molecular formula is C11H19NO6S. The lowest BCUT2D eigenvalue weighted by Gasteiger charge is -2.14. The Bertz CT molecular complexity index is 428. The van der Waals surface area contributed by atoms with Gasteiger partial charge in [-0.15, -0.1) is 0 Å². The van der Waals surface area contributed by atoms with Crippen LogP contribution in [0.3, 0.4) is 0 Å². The van der Waals surface area contributed by atoms with Crippen molar-refractivity contribution in [2.75, 3.05) is 12.4 Å². The number of hydrogen-bond donors (Lipinski definition) is 2. The highest BCUT2D eigenvalue weighted by atomic mass is 32.2. The molecule has 7 nitrogen and oxygen atoms in total. The summed E-state index contributed by atoms with van der Waals surface area (Å²) in [6.45, 7) is 1.81. The van der Waals surface area contributed by atoms with Gasteiger partial charge in [0.2, 0.25) is 10.0 Å². The molecule has 1 aliphatic rings. The summed E-state index contributed by atoms with van der Waals surface area (Å²) in [6.07, 6.45) is 1.90. The van der Waals surface area contributed by atoms with Gasteiger partial charge < -0.3 is 9.84 Å². The van der Waals surface area contributed by atoms with Gasteiger partial charge in [0.05, 0.1) is 18.8 Å². The van der Waals surface area contributed by atoms with Crippen LogP contribution in [-0.4, -0.2) is 43.9 Å². The number of carbonyl (C=O) groups excluding carboxylic acids is 1. The van der Waals surface area contributed by atoms with Crippen LogP contribution < -0.4 is 4.72 Å². The van der Waals surface area contributed by atoms with Crippen molar-refractivity contribution in [2.24, 2.45) is 5.92 Å². The molecule has 0 spiro atoms. The van der Waals surface area contributed by atoms with Gasteiger partial charge in [-0.2, -0.15) is 0 Å². The summed E-state index contributed by atoms with van der Waals surface area (Å²) in [5, 5.41) is 8.96. The van der Waals surface area contributed by atoms with Crippen molar-refractivity contribution in [3.63, 3.8) is 0 Å². The van der Waals surface area contributed by atoms with Crippen LogP contribution in [0.25, 0.3) is 0 Å². The zero-order valence-corrected chi connectivity index (χ0v) is 11.6. The number of ether oxygens (including phenoxy) is 1. The first-order valence-electron chi connectivity index (χ1n) is 6.22. The Balaban J connectivity index is 2.46. The van der Waals surface area contributed by atoms with Crippen LogP contribution >= 0.6 is 0 Å². The number of esters is 1. The van der Waals surface area contributed by atoms with E-state index in [0.29, 0.717) is 6.42 Å². The third-order valence-corrected chi connectivity index (χ3v) is 4.15. The van der Waals surface area contributed by atoms with Crippen molar-refractivity contribution >= 4 is 22.0 Å². The van der Waals surface area contributed by atoms with Gasteiger partial charge in [0.25, 0.3) is 0 Å². The molecule has 110 valence electrons. The molecule has 1 aliphatic carbocycles. The van der Waals surface area contributed by atoms with E-state index in [9.17, 15) is 18.0 Å². The summed E-state index contributed by atoms with van der Waals surface area (Å²) in [4.78, 5) is 22.0. The Morgan fingerprint density at radius 2 is 2.05 bits per heavy atom. The van der Waals surface area contributed by atoms with Crippen LogP contribution in [-0.2, 0) is 24.3 Å². The molecule has 0 unspecified atom stereocenters. The minimum absolute atomic E-state index is 0.186. The first kappa shape index (κ1) is 15.9. The van der Waals surface area contributed by atoms with Crippen LogP contribution in [0.4, 0.5) is 0 Å². The lowest BCUT2D eigenvalue weighted by Crippen LogP contribution is -2.42. The second-order valence-corrected chi connectivity index (χ2v) is 6.44. The maximum Gasteiger partial charge on any atom is 0.321 e. The van der Waals surface area contributed by atoms with E-state index in [2.05, 4.69) is 9.46 Å². The second-order valence-electron chi connectivity index (χ2n) is 4.56. The van der Waals surface area contributed by atoms with E-state index in [1.54, 1.807) is 6.92 Å². The predicted octanol–water partition coefficient (Wildman–Crippen LogP) is 0.112. The van der Waals surface area contributed by atoms with E-state index in [-0.39, 0.29) is 18.9 Å². The second kappa shape index (κ2) is 6.85. The van der Waals surface area contributed by atoms with Crippen LogP contribution in [0.15, 0.2) is 0 Å². The number of rotatable bonds is 9. The molecule has 1 atom stereocenters. The molecule has 0 aromatic carbocycles. The number of aliphatic carboxylic acids is 1. The molecular weight excluding hydrogens is 274 g/mol. The van der Waals surface area contributed by atoms with Gasteiger partial charge >= 0.3 is 11.9 Å². The molecule has 0 aliphatic heterocycles. The molecule has 0 aromatic heterocycles. The van der Waals surface area contributed by atoms with Crippen LogP contribution in [0, 0.1) is 5.92 Å². The summed E-state index contributed by atoms with van der Waals surface area (Å²) in [6, 6.07) is -1.11. The average molecular weight is 293 g/mol. The summed E-state index contributed by atoms with van der Waals surface area (Å²) in [5.74, 6) is -1.97. The highest BCUT2D eigenvalue weighted by Gasteiger charge is 2.31. The molecule has 1 saturated carbocycles. The fourth-order valence-electron chi connectivity index (χ4n) is 1.61. The zero-order chi connectivity index (χ0) is 14.5. The third kappa shape index (κ3) is 6.53. The average Bonchev–Trinajstić information content (AvgIpc) is 3.10. The van der Waals surface area contributed by atoms with E-state index in [0.717, 1.165) is 12.8 Å². The minimum atomic E-state index is -3.79. The van der Waals surface area contributed by atoms with Gasteiger partial charge in [0.15, 0.2) is 0 Å². The fraction of sp³-hybridized carbons (Fsp3) is 0.818. The number of carboxylic acid groups (broad SMARTS) is 1. The van der Waals surface area contributed by atoms with Crippen LogP contribution in [0.1, 0.15) is 32.6 Å². The number of sulfonamides is 1. The Kier molecular flexibility index (Phi) is 5.74. The van der Waals surface area contributed by atoms with Crippen molar-refractivity contribution in [3.05, 3.63) is 0 Å². The first-order valence-corrected chi connectivity index (χ1v) is 7.87. The van der Waals surface area contributed by atoms with Crippen molar-refractivity contribution < 1.29 is 27.9 Å². The first-order chi connectivity index (χ1) is 8.84. The van der Waals surface area contributed by atoms with Gasteiger partial charge in [-0.05, 0) is 19.3 Å². The van der Waals surface area contributed by atoms with E-state index in [1.165, 1.54) is 0 Å². The summed E-state index contributed by atoms with van der Waals surface area (Å²) >= 11 is 0. The Morgan fingerprint density at radius 1 is 1.42 bits per heavy atom. The SMILES string of the molecule is CCOC(=O)CCS(=O)(=O)N[C@@H](CC1CC1)C(=O)O. The molecule has 2 N–H and O–H groups in total. The predicted molar refractivity (Wildman–Crippen MR) is 66.9 cm³/mol. The number of nitrogens with one attached hydrogen (secondary N) is 1. The van der Waals surface area contributed by atoms with Gasteiger partial charge in [0, 0.05) is 0 Å². The molecule has 0 aromatic rings. The molecule has 0 amide bonds. The molecule has 1 rings (SSSR count). The Hall–Kier alpha value is -1.15. The summed E-state index contributed by atoms with van der Waals surface area (Å²) in [7, 11) is -3.79. The highest BCUT2D eigenvalue weighted by Crippen LogP contribution is 2.33. The van der Waals surface area contributed by atoms with E-state index in [1.807, 2.05) is 0 Å². The summed E-state index contributed by atoms with van der Waals surface area (Å²) < 4.78 is 30.1. The lowest BCUT2D eigenvalue weighted by atomic mass is 10.1. The van der Waals surface area contributed by atoms with Gasteiger partial charge in [-0.1, -0.05) is 12.8 Å². The molecule has 1 fully saturated rings. The Labute approximate surface area is 112 Å². The fourth-order valence-corrected chi connectivity index (χ4v) is 2.80. The normalized spacial score (nSPS) is 16.9. The standard InChI is InChI=1S/C11H19NO6S/c1-2-18-10(13)5-6-19(16,17)12-9(11(14)15)7-8-3-4-8/h8-9,12H,2-7H2,1H3,(H,14,15)/t9-/m0/s1.